The van der Waals surface area contributed by atoms with Crippen LogP contribution in [0.5, 0.6) is 0 Å². The molecule has 0 spiro atoms. The van der Waals surface area contributed by atoms with Crippen molar-refractivity contribution in [1.82, 2.24) is 4.57 Å². The zero-order valence-corrected chi connectivity index (χ0v) is 11.3. The van der Waals surface area contributed by atoms with Crippen molar-refractivity contribution >= 4 is 16.9 Å². The summed E-state index contributed by atoms with van der Waals surface area (Å²) in [6.07, 6.45) is 3.89. The van der Waals surface area contributed by atoms with E-state index in [1.165, 1.54) is 0 Å². The van der Waals surface area contributed by atoms with Crippen LogP contribution in [0.4, 0.5) is 0 Å². The Kier molecular flexibility index (Phi) is 3.90. The van der Waals surface area contributed by atoms with Crippen LogP contribution in [-0.4, -0.2) is 27.4 Å². The van der Waals surface area contributed by atoms with E-state index in [4.69, 9.17) is 5.11 Å². The number of hydrogen-bond donors (Lipinski definition) is 2. The van der Waals surface area contributed by atoms with Crippen molar-refractivity contribution in [1.29, 1.82) is 0 Å². The molecule has 1 aromatic heterocycles. The third-order valence-electron chi connectivity index (χ3n) is 3.29. The quantitative estimate of drug-likeness (QED) is 0.869. The van der Waals surface area contributed by atoms with Gasteiger partial charge in [-0.05, 0) is 36.6 Å². The molecule has 2 rings (SSSR count). The van der Waals surface area contributed by atoms with Gasteiger partial charge in [0.2, 0.25) is 0 Å². The Labute approximate surface area is 112 Å². The van der Waals surface area contributed by atoms with Gasteiger partial charge in [0.15, 0.2) is 0 Å². The number of nitrogens with zero attached hydrogens (tertiary/aromatic N) is 1. The van der Waals surface area contributed by atoms with Crippen molar-refractivity contribution < 1.29 is 15.0 Å². The number of hydrogen-bond acceptors (Lipinski definition) is 2. The highest BCUT2D eigenvalue weighted by Crippen LogP contribution is 2.27. The summed E-state index contributed by atoms with van der Waals surface area (Å²) in [6.45, 7) is 4.43. The lowest BCUT2D eigenvalue weighted by molar-refractivity contribution is 0.0698. The average Bonchev–Trinajstić information content (AvgIpc) is 2.68. The average molecular weight is 261 g/mol. The molecular formula is C15H19NO3. The molecule has 0 unspecified atom stereocenters. The molecule has 0 saturated carbocycles. The first kappa shape index (κ1) is 13.6. The zero-order chi connectivity index (χ0) is 14.0. The van der Waals surface area contributed by atoms with Crippen molar-refractivity contribution in [3.8, 4) is 0 Å². The summed E-state index contributed by atoms with van der Waals surface area (Å²) in [5, 5.41) is 19.5. The third-order valence-corrected chi connectivity index (χ3v) is 3.29. The zero-order valence-electron chi connectivity index (χ0n) is 11.3. The smallest absolute Gasteiger partial charge is 0.337 e. The number of aryl methyl sites for hydroxylation is 2. The van der Waals surface area contributed by atoms with Crippen LogP contribution in [0.15, 0.2) is 18.3 Å². The predicted molar refractivity (Wildman–Crippen MR) is 74.7 cm³/mol. The fourth-order valence-electron chi connectivity index (χ4n) is 2.57. The van der Waals surface area contributed by atoms with E-state index in [1.54, 1.807) is 6.07 Å². The van der Waals surface area contributed by atoms with E-state index >= 15 is 0 Å². The maximum Gasteiger partial charge on any atom is 0.337 e. The standard InChI is InChI=1S/C15H19NO3/c1-3-4-11-9-16(5-6-17)14-12(11)7-10(2)8-13(14)15(18)19/h7-9,17H,3-6H2,1-2H3,(H,18,19). The van der Waals surface area contributed by atoms with E-state index in [9.17, 15) is 9.90 Å². The molecule has 2 aromatic rings. The second kappa shape index (κ2) is 5.45. The van der Waals surface area contributed by atoms with Gasteiger partial charge in [-0.25, -0.2) is 4.79 Å². The Morgan fingerprint density at radius 3 is 2.68 bits per heavy atom. The molecule has 0 amide bonds. The summed E-state index contributed by atoms with van der Waals surface area (Å²) in [5.74, 6) is -0.922. The van der Waals surface area contributed by atoms with Gasteiger partial charge in [0.05, 0.1) is 17.7 Å². The van der Waals surface area contributed by atoms with Gasteiger partial charge >= 0.3 is 5.97 Å². The molecule has 19 heavy (non-hydrogen) atoms. The van der Waals surface area contributed by atoms with E-state index in [-0.39, 0.29) is 6.61 Å². The van der Waals surface area contributed by atoms with Gasteiger partial charge in [0, 0.05) is 18.1 Å². The molecule has 0 aliphatic heterocycles. The van der Waals surface area contributed by atoms with Gasteiger partial charge in [-0.3, -0.25) is 0 Å². The predicted octanol–water partition coefficient (Wildman–Crippen LogP) is 2.59. The number of benzene rings is 1. The monoisotopic (exact) mass is 261 g/mol. The minimum Gasteiger partial charge on any atom is -0.478 e. The van der Waals surface area contributed by atoms with Gasteiger partial charge in [0.1, 0.15) is 0 Å². The lowest BCUT2D eigenvalue weighted by Gasteiger charge is -2.07. The molecule has 0 atom stereocenters. The first-order valence-corrected chi connectivity index (χ1v) is 6.55. The number of carbonyl (C=O) groups is 1. The highest BCUT2D eigenvalue weighted by Gasteiger charge is 2.16. The van der Waals surface area contributed by atoms with E-state index in [1.807, 2.05) is 23.8 Å². The van der Waals surface area contributed by atoms with Crippen LogP contribution in [0.3, 0.4) is 0 Å². The first-order valence-electron chi connectivity index (χ1n) is 6.55. The maximum absolute atomic E-state index is 11.4. The minimum absolute atomic E-state index is 0.00226. The van der Waals surface area contributed by atoms with Crippen molar-refractivity contribution in [2.75, 3.05) is 6.61 Å². The largest absolute Gasteiger partial charge is 0.478 e. The molecule has 1 heterocycles. The molecule has 4 heteroatoms. The number of aliphatic hydroxyl groups is 1. The van der Waals surface area contributed by atoms with Gasteiger partial charge in [-0.1, -0.05) is 13.3 Å². The summed E-state index contributed by atoms with van der Waals surface area (Å²) in [6, 6.07) is 3.72. The lowest BCUT2D eigenvalue weighted by atomic mass is 10.0. The molecule has 0 fully saturated rings. The molecular weight excluding hydrogens is 242 g/mol. The topological polar surface area (TPSA) is 62.5 Å². The third kappa shape index (κ3) is 2.49. The fourth-order valence-corrected chi connectivity index (χ4v) is 2.57. The molecule has 2 N–H and O–H groups in total. The van der Waals surface area contributed by atoms with Crippen LogP contribution in [0, 0.1) is 6.92 Å². The van der Waals surface area contributed by atoms with Crippen molar-refractivity contribution in [3.05, 3.63) is 35.0 Å². The van der Waals surface area contributed by atoms with E-state index in [0.29, 0.717) is 12.1 Å². The van der Waals surface area contributed by atoms with Crippen molar-refractivity contribution in [2.45, 2.75) is 33.2 Å². The number of carboxylic acid groups (broad SMARTS) is 1. The second-order valence-corrected chi connectivity index (χ2v) is 4.84. The van der Waals surface area contributed by atoms with Crippen LogP contribution in [-0.2, 0) is 13.0 Å². The molecule has 0 radical (unpaired) electrons. The fraction of sp³-hybridized carbons (Fsp3) is 0.400. The van der Waals surface area contributed by atoms with Gasteiger partial charge in [-0.2, -0.15) is 0 Å². The Hall–Kier alpha value is -1.81. The Balaban J connectivity index is 2.77. The Morgan fingerprint density at radius 1 is 1.37 bits per heavy atom. The molecule has 102 valence electrons. The normalized spacial score (nSPS) is 11.1. The molecule has 4 nitrogen and oxygen atoms in total. The number of rotatable bonds is 5. The summed E-state index contributed by atoms with van der Waals surface area (Å²) < 4.78 is 1.85. The summed E-state index contributed by atoms with van der Waals surface area (Å²) in [7, 11) is 0. The lowest BCUT2D eigenvalue weighted by Crippen LogP contribution is -2.05. The van der Waals surface area contributed by atoms with E-state index < -0.39 is 5.97 Å². The van der Waals surface area contributed by atoms with Crippen LogP contribution in [0.2, 0.25) is 0 Å². The second-order valence-electron chi connectivity index (χ2n) is 4.84. The molecule has 0 aliphatic carbocycles. The van der Waals surface area contributed by atoms with Gasteiger partial charge in [-0.15, -0.1) is 0 Å². The first-order chi connectivity index (χ1) is 9.08. The molecule has 1 aromatic carbocycles. The van der Waals surface area contributed by atoms with Crippen LogP contribution in [0.1, 0.15) is 34.8 Å². The molecule has 0 aliphatic rings. The van der Waals surface area contributed by atoms with E-state index in [0.717, 1.165) is 34.9 Å². The maximum atomic E-state index is 11.4. The molecule has 0 saturated heterocycles. The Morgan fingerprint density at radius 2 is 2.11 bits per heavy atom. The summed E-state index contributed by atoms with van der Waals surface area (Å²) >= 11 is 0. The molecule has 0 bridgehead atoms. The van der Waals surface area contributed by atoms with Crippen LogP contribution < -0.4 is 0 Å². The number of aromatic nitrogens is 1. The highest BCUT2D eigenvalue weighted by atomic mass is 16.4. The highest BCUT2D eigenvalue weighted by molar-refractivity contribution is 6.03. The van der Waals surface area contributed by atoms with E-state index in [2.05, 4.69) is 6.92 Å². The van der Waals surface area contributed by atoms with Gasteiger partial charge < -0.3 is 14.8 Å². The summed E-state index contributed by atoms with van der Waals surface area (Å²) in [4.78, 5) is 11.4. The van der Waals surface area contributed by atoms with Crippen LogP contribution in [0.25, 0.3) is 10.9 Å². The summed E-state index contributed by atoms with van der Waals surface area (Å²) in [5.41, 5.74) is 3.13. The van der Waals surface area contributed by atoms with Crippen molar-refractivity contribution in [3.63, 3.8) is 0 Å². The van der Waals surface area contributed by atoms with Gasteiger partial charge in [0.25, 0.3) is 0 Å². The number of fused-ring (bicyclic) bond motifs is 1. The minimum atomic E-state index is -0.922. The van der Waals surface area contributed by atoms with Crippen molar-refractivity contribution in [2.24, 2.45) is 0 Å². The Bertz CT molecular complexity index is 613. The number of carboxylic acids is 1. The van der Waals surface area contributed by atoms with Crippen LogP contribution >= 0.6 is 0 Å². The SMILES string of the molecule is CCCc1cn(CCO)c2c(C(=O)O)cc(C)cc12. The number of aliphatic hydroxyl groups excluding tert-OH is 1. The number of aromatic carboxylic acids is 1.